The van der Waals surface area contributed by atoms with Crippen molar-refractivity contribution in [3.63, 3.8) is 0 Å². The third kappa shape index (κ3) is 10.2. The Kier molecular flexibility index (Phi) is 13.6. The number of aromatic carboxylic acids is 2. The van der Waals surface area contributed by atoms with Crippen LogP contribution in [0.4, 0.5) is 22.7 Å². The first kappa shape index (κ1) is 42.4. The van der Waals surface area contributed by atoms with Gasteiger partial charge in [0.05, 0.1) is 24.3 Å². The fraction of sp³-hybridized carbons (Fsp3) is 0.294. The van der Waals surface area contributed by atoms with Gasteiger partial charge >= 0.3 is 11.9 Å². The highest BCUT2D eigenvalue weighted by molar-refractivity contribution is 5.89. The van der Waals surface area contributed by atoms with Crippen molar-refractivity contribution in [3.05, 3.63) is 166 Å². The van der Waals surface area contributed by atoms with Crippen LogP contribution in [0.1, 0.15) is 98.5 Å². The van der Waals surface area contributed by atoms with Crippen molar-refractivity contribution in [1.82, 2.24) is 9.97 Å². The highest BCUT2D eigenvalue weighted by Crippen LogP contribution is 2.41. The molecule has 2 aliphatic rings. The summed E-state index contributed by atoms with van der Waals surface area (Å²) >= 11 is 0. The Morgan fingerprint density at radius 1 is 0.623 bits per heavy atom. The van der Waals surface area contributed by atoms with Gasteiger partial charge in [0.1, 0.15) is 11.5 Å². The predicted octanol–water partition coefficient (Wildman–Crippen LogP) is 11.0. The van der Waals surface area contributed by atoms with Crippen molar-refractivity contribution in [2.75, 3.05) is 37.1 Å². The SMILES string of the molecule is CCc1ccc(N(C)c2ccc3c(c2)OCC[C@H]3CCc2cnccc2C(=O)O)cc1.Cc1ccc(N(C)c2ccc3c(c2)OCC[C@H]3CCc2cnccc2C(=O)O)cc1. The van der Waals surface area contributed by atoms with E-state index in [4.69, 9.17) is 9.47 Å². The lowest BCUT2D eigenvalue weighted by molar-refractivity contribution is 0.0684. The second-order valence-electron chi connectivity index (χ2n) is 15.8. The van der Waals surface area contributed by atoms with E-state index in [1.807, 2.05) is 0 Å². The molecule has 8 rings (SSSR count). The van der Waals surface area contributed by atoms with Gasteiger partial charge in [0.15, 0.2) is 0 Å². The molecule has 0 aliphatic carbocycles. The number of benzene rings is 4. The molecular weight excluding hydrogens is 765 g/mol. The van der Waals surface area contributed by atoms with Crippen LogP contribution < -0.4 is 19.3 Å². The first-order valence-electron chi connectivity index (χ1n) is 21.1. The smallest absolute Gasteiger partial charge is 0.336 e. The normalized spacial score (nSPS) is 15.1. The quantitative estimate of drug-likeness (QED) is 0.116. The molecule has 6 aromatic rings. The third-order valence-corrected chi connectivity index (χ3v) is 12.0. The zero-order chi connectivity index (χ0) is 42.9. The maximum Gasteiger partial charge on any atom is 0.336 e. The number of ether oxygens (including phenoxy) is 2. The molecule has 10 heteroatoms. The Bertz CT molecular complexity index is 2450. The zero-order valence-electron chi connectivity index (χ0n) is 35.4. The predicted molar refractivity (Wildman–Crippen MR) is 241 cm³/mol. The largest absolute Gasteiger partial charge is 0.493 e. The number of fused-ring (bicyclic) bond motifs is 2. The first-order valence-corrected chi connectivity index (χ1v) is 21.1. The minimum absolute atomic E-state index is 0.340. The van der Waals surface area contributed by atoms with Gasteiger partial charge < -0.3 is 29.5 Å². The number of aromatic nitrogens is 2. The van der Waals surface area contributed by atoms with Crippen molar-refractivity contribution in [3.8, 4) is 11.5 Å². The Morgan fingerprint density at radius 2 is 1.05 bits per heavy atom. The van der Waals surface area contributed by atoms with Crippen LogP contribution in [-0.2, 0) is 19.3 Å². The zero-order valence-corrected chi connectivity index (χ0v) is 35.4. The number of aryl methyl sites for hydroxylation is 4. The topological polar surface area (TPSA) is 125 Å². The molecule has 4 heterocycles. The number of pyridine rings is 2. The van der Waals surface area contributed by atoms with E-state index in [1.54, 1.807) is 24.5 Å². The number of carboxylic acid groups (broad SMARTS) is 2. The highest BCUT2D eigenvalue weighted by atomic mass is 16.5. The molecule has 314 valence electrons. The summed E-state index contributed by atoms with van der Waals surface area (Å²) < 4.78 is 12.0. The number of hydrogen-bond donors (Lipinski definition) is 2. The van der Waals surface area contributed by atoms with Gasteiger partial charge in [-0.05, 0) is 140 Å². The Hall–Kier alpha value is -6.68. The summed E-state index contributed by atoms with van der Waals surface area (Å²) in [6, 6.07) is 33.0. The summed E-state index contributed by atoms with van der Waals surface area (Å²) in [7, 11) is 4.13. The van der Waals surface area contributed by atoms with E-state index in [9.17, 15) is 19.8 Å². The average Bonchev–Trinajstić information content (AvgIpc) is 3.29. The molecule has 0 bridgehead atoms. The van der Waals surface area contributed by atoms with Crippen LogP contribution in [0.15, 0.2) is 122 Å². The maximum atomic E-state index is 11.5. The number of nitrogens with zero attached hydrogens (tertiary/aromatic N) is 4. The molecule has 4 aromatic carbocycles. The van der Waals surface area contributed by atoms with Crippen LogP contribution in [0, 0.1) is 6.92 Å². The third-order valence-electron chi connectivity index (χ3n) is 12.0. The van der Waals surface area contributed by atoms with Gasteiger partial charge in [-0.3, -0.25) is 9.97 Å². The fourth-order valence-corrected chi connectivity index (χ4v) is 8.27. The Morgan fingerprint density at radius 3 is 1.48 bits per heavy atom. The number of hydrogen-bond acceptors (Lipinski definition) is 8. The molecule has 0 amide bonds. The number of carboxylic acids is 2. The summed E-state index contributed by atoms with van der Waals surface area (Å²) in [6.45, 7) is 5.59. The molecule has 61 heavy (non-hydrogen) atoms. The highest BCUT2D eigenvalue weighted by Gasteiger charge is 2.25. The second-order valence-corrected chi connectivity index (χ2v) is 15.8. The van der Waals surface area contributed by atoms with Crippen LogP contribution in [0.2, 0.25) is 0 Å². The monoisotopic (exact) mass is 818 g/mol. The lowest BCUT2D eigenvalue weighted by atomic mass is 9.87. The molecule has 2 aromatic heterocycles. The summed E-state index contributed by atoms with van der Waals surface area (Å²) in [6.07, 6.45) is 12.4. The Balaban J connectivity index is 0.000000184. The molecule has 0 spiro atoms. The van der Waals surface area contributed by atoms with Gasteiger partial charge in [-0.1, -0.05) is 48.9 Å². The molecule has 0 saturated carbocycles. The average molecular weight is 819 g/mol. The van der Waals surface area contributed by atoms with Gasteiger partial charge in [0.2, 0.25) is 0 Å². The molecule has 2 N–H and O–H groups in total. The van der Waals surface area contributed by atoms with Crippen LogP contribution >= 0.6 is 0 Å². The lowest BCUT2D eigenvalue weighted by Crippen LogP contribution is -2.17. The van der Waals surface area contributed by atoms with Crippen LogP contribution in [0.5, 0.6) is 11.5 Å². The molecule has 2 atom stereocenters. The van der Waals surface area contributed by atoms with Crippen molar-refractivity contribution in [1.29, 1.82) is 0 Å². The minimum atomic E-state index is -0.899. The first-order chi connectivity index (χ1) is 29.6. The van der Waals surface area contributed by atoms with Gasteiger partial charge in [-0.25, -0.2) is 9.59 Å². The molecule has 10 nitrogen and oxygen atoms in total. The van der Waals surface area contributed by atoms with E-state index in [0.29, 0.717) is 49.0 Å². The van der Waals surface area contributed by atoms with E-state index in [2.05, 4.69) is 133 Å². The molecule has 2 aliphatic heterocycles. The van der Waals surface area contributed by atoms with Gasteiger partial charge in [-0.15, -0.1) is 0 Å². The van der Waals surface area contributed by atoms with Crippen LogP contribution in [0.25, 0.3) is 0 Å². The fourth-order valence-electron chi connectivity index (χ4n) is 8.27. The van der Waals surface area contributed by atoms with Crippen LogP contribution in [0.3, 0.4) is 0 Å². The molecule has 0 unspecified atom stereocenters. The Labute approximate surface area is 358 Å². The van der Waals surface area contributed by atoms with E-state index in [1.165, 1.54) is 34.6 Å². The van der Waals surface area contributed by atoms with E-state index in [-0.39, 0.29) is 0 Å². The van der Waals surface area contributed by atoms with Gasteiger partial charge in [0.25, 0.3) is 0 Å². The summed E-state index contributed by atoms with van der Waals surface area (Å²) in [5.74, 6) is 0.735. The van der Waals surface area contributed by atoms with E-state index < -0.39 is 11.9 Å². The maximum absolute atomic E-state index is 11.5. The van der Waals surface area contributed by atoms with Crippen molar-refractivity contribution in [2.45, 2.75) is 70.6 Å². The van der Waals surface area contributed by atoms with Gasteiger partial charge in [-0.2, -0.15) is 0 Å². The van der Waals surface area contributed by atoms with E-state index >= 15 is 0 Å². The number of carbonyl (C=O) groups is 2. The molecular formula is C51H54N4O6. The lowest BCUT2D eigenvalue weighted by Gasteiger charge is -2.28. The van der Waals surface area contributed by atoms with Gasteiger partial charge in [0, 0.05) is 73.8 Å². The molecule has 0 saturated heterocycles. The summed E-state index contributed by atoms with van der Waals surface area (Å²) in [4.78, 5) is 35.5. The number of anilines is 4. The summed E-state index contributed by atoms with van der Waals surface area (Å²) in [5, 5.41) is 18.8. The molecule has 0 radical (unpaired) electrons. The number of rotatable bonds is 13. The minimum Gasteiger partial charge on any atom is -0.493 e. The standard InChI is InChI=1S/C26H28N2O3.C25H26N2O3/c1-3-18-4-8-21(9-5-18)28(2)22-10-11-23-19(13-15-31-25(23)16-22)6-7-20-17-27-14-12-24(20)26(29)30;1-17-3-7-20(8-4-17)27(2)21-9-10-22-18(12-14-30-24(22)15-21)5-6-19-16-26-13-11-23(19)25(28)29/h4-5,8-12,14,16-17,19H,3,6-7,13,15H2,1-2H3,(H,29,30);3-4,7-11,13,15-16,18H,5-6,12,14H2,1-2H3,(H,28,29)/t19-;18-/m11/s1. The van der Waals surface area contributed by atoms with Crippen molar-refractivity contribution < 1.29 is 29.3 Å². The van der Waals surface area contributed by atoms with Crippen molar-refractivity contribution >= 4 is 34.7 Å². The van der Waals surface area contributed by atoms with Crippen LogP contribution in [-0.4, -0.2) is 59.4 Å². The van der Waals surface area contributed by atoms with Crippen molar-refractivity contribution in [2.24, 2.45) is 0 Å². The second kappa shape index (κ2) is 19.6. The summed E-state index contributed by atoms with van der Waals surface area (Å²) in [5.41, 5.74) is 11.7. The molecule has 0 fully saturated rings. The van der Waals surface area contributed by atoms with E-state index in [0.717, 1.165) is 77.5 Å².